The number of nitrogens with zero attached hydrogens (tertiary/aromatic N) is 2. The highest BCUT2D eigenvalue weighted by Gasteiger charge is 2.23. The molecule has 0 saturated carbocycles. The summed E-state index contributed by atoms with van der Waals surface area (Å²) in [6.45, 7) is 3.14. The predicted molar refractivity (Wildman–Crippen MR) is 96.7 cm³/mol. The zero-order valence-corrected chi connectivity index (χ0v) is 14.3. The van der Waals surface area contributed by atoms with Crippen molar-refractivity contribution in [1.82, 2.24) is 4.57 Å². The monoisotopic (exact) mass is 334 g/mol. The van der Waals surface area contributed by atoms with E-state index in [0.29, 0.717) is 11.1 Å². The largest absolute Gasteiger partial charge is 0.350 e. The summed E-state index contributed by atoms with van der Waals surface area (Å²) in [6, 6.07) is 15.0. The van der Waals surface area contributed by atoms with E-state index in [1.807, 2.05) is 61.0 Å². The Bertz CT molecular complexity index is 999. The van der Waals surface area contributed by atoms with Crippen molar-refractivity contribution in [2.45, 2.75) is 13.8 Å². The van der Waals surface area contributed by atoms with E-state index in [2.05, 4.69) is 5.16 Å². The van der Waals surface area contributed by atoms with Gasteiger partial charge in [0.1, 0.15) is 0 Å². The van der Waals surface area contributed by atoms with Crippen LogP contribution in [0.5, 0.6) is 0 Å². The van der Waals surface area contributed by atoms with Gasteiger partial charge in [0, 0.05) is 42.2 Å². The Morgan fingerprint density at radius 1 is 1.00 bits per heavy atom. The van der Waals surface area contributed by atoms with E-state index in [1.54, 1.807) is 12.3 Å². The fourth-order valence-electron chi connectivity index (χ4n) is 2.81. The van der Waals surface area contributed by atoms with Gasteiger partial charge in [-0.15, -0.1) is 0 Å². The molecule has 0 amide bonds. The van der Waals surface area contributed by atoms with Gasteiger partial charge in [-0.1, -0.05) is 47.6 Å². The third-order valence-electron chi connectivity index (χ3n) is 4.02. The highest BCUT2D eigenvalue weighted by Crippen LogP contribution is 2.23. The smallest absolute Gasteiger partial charge is 0.332 e. The van der Waals surface area contributed by atoms with Gasteiger partial charge in [0.25, 0.3) is 0 Å². The Balaban J connectivity index is 2.16. The molecule has 5 heteroatoms. The van der Waals surface area contributed by atoms with Crippen LogP contribution in [-0.2, 0) is 16.7 Å². The van der Waals surface area contributed by atoms with Crippen LogP contribution in [-0.4, -0.2) is 22.0 Å². The molecule has 3 aromatic rings. The molecule has 2 aromatic carbocycles. The third kappa shape index (κ3) is 3.21. The van der Waals surface area contributed by atoms with Gasteiger partial charge in [-0.2, -0.15) is 0 Å². The summed E-state index contributed by atoms with van der Waals surface area (Å²) in [7, 11) is 1.88. The molecule has 1 heterocycles. The first-order valence-electron chi connectivity index (χ1n) is 7.89. The van der Waals surface area contributed by atoms with Crippen LogP contribution in [0.3, 0.4) is 0 Å². The quantitative estimate of drug-likeness (QED) is 0.317. The number of Topliss-reactive ketones (excluding diaryl/α,β-unsaturated/α-hetero) is 1. The molecule has 0 saturated heterocycles. The van der Waals surface area contributed by atoms with Gasteiger partial charge in [0.15, 0.2) is 5.71 Å². The number of hydrogen-bond donors (Lipinski definition) is 0. The second kappa shape index (κ2) is 6.73. The van der Waals surface area contributed by atoms with E-state index in [1.165, 1.54) is 6.92 Å². The number of ketones is 1. The maximum absolute atomic E-state index is 13.2. The average Bonchev–Trinajstić information content (AvgIpc) is 2.93. The summed E-state index contributed by atoms with van der Waals surface area (Å²) in [6.07, 6.45) is 1.77. The molecule has 3 rings (SSSR count). The van der Waals surface area contributed by atoms with Crippen molar-refractivity contribution < 1.29 is 14.4 Å². The van der Waals surface area contributed by atoms with Gasteiger partial charge < -0.3 is 9.40 Å². The minimum absolute atomic E-state index is 0.115. The first-order valence-corrected chi connectivity index (χ1v) is 7.89. The lowest BCUT2D eigenvalue weighted by Gasteiger charge is -2.07. The number of carbonyl (C=O) groups excluding carboxylic acids is 2. The molecule has 0 atom stereocenters. The molecule has 0 bridgehead atoms. The van der Waals surface area contributed by atoms with Crippen LogP contribution >= 0.6 is 0 Å². The molecule has 0 aliphatic carbocycles. The van der Waals surface area contributed by atoms with E-state index >= 15 is 0 Å². The second-order valence-electron chi connectivity index (χ2n) is 5.84. The maximum atomic E-state index is 13.2. The van der Waals surface area contributed by atoms with E-state index in [9.17, 15) is 9.59 Å². The van der Waals surface area contributed by atoms with Crippen molar-refractivity contribution >= 4 is 28.4 Å². The van der Waals surface area contributed by atoms with E-state index in [-0.39, 0.29) is 11.5 Å². The molecule has 0 N–H and O–H groups in total. The van der Waals surface area contributed by atoms with Gasteiger partial charge in [-0.3, -0.25) is 4.79 Å². The summed E-state index contributed by atoms with van der Waals surface area (Å²) in [4.78, 5) is 29.2. The van der Waals surface area contributed by atoms with E-state index in [4.69, 9.17) is 4.84 Å². The minimum atomic E-state index is -0.572. The Labute approximate surface area is 145 Å². The Morgan fingerprint density at radius 3 is 2.40 bits per heavy atom. The molecule has 1 aromatic heterocycles. The summed E-state index contributed by atoms with van der Waals surface area (Å²) >= 11 is 0. The van der Waals surface area contributed by atoms with Crippen molar-refractivity contribution in [2.75, 3.05) is 0 Å². The Morgan fingerprint density at radius 2 is 1.68 bits per heavy atom. The van der Waals surface area contributed by atoms with Crippen LogP contribution < -0.4 is 0 Å². The summed E-state index contributed by atoms with van der Waals surface area (Å²) < 4.78 is 1.89. The van der Waals surface area contributed by atoms with Crippen LogP contribution in [0.4, 0.5) is 0 Å². The third-order valence-corrected chi connectivity index (χ3v) is 4.02. The minimum Gasteiger partial charge on any atom is -0.350 e. The lowest BCUT2D eigenvalue weighted by molar-refractivity contribution is -0.140. The number of aryl methyl sites for hydroxylation is 2. The predicted octanol–water partition coefficient (Wildman–Crippen LogP) is 3.64. The molecule has 126 valence electrons. The Kier molecular flexibility index (Phi) is 4.48. The van der Waals surface area contributed by atoms with Crippen molar-refractivity contribution in [3.05, 3.63) is 71.4 Å². The number of aromatic nitrogens is 1. The first kappa shape index (κ1) is 16.6. The molecule has 0 radical (unpaired) electrons. The lowest BCUT2D eigenvalue weighted by atomic mass is 9.97. The van der Waals surface area contributed by atoms with Gasteiger partial charge >= 0.3 is 5.97 Å². The first-order chi connectivity index (χ1) is 12.0. The van der Waals surface area contributed by atoms with Gasteiger partial charge in [0.05, 0.1) is 0 Å². The zero-order chi connectivity index (χ0) is 18.0. The van der Waals surface area contributed by atoms with Gasteiger partial charge in [-0.25, -0.2) is 4.79 Å². The van der Waals surface area contributed by atoms with Crippen molar-refractivity contribution in [1.29, 1.82) is 0 Å². The molecular weight excluding hydrogens is 316 g/mol. The number of para-hydroxylation sites is 1. The number of rotatable bonds is 4. The van der Waals surface area contributed by atoms with Crippen molar-refractivity contribution in [2.24, 2.45) is 12.2 Å². The molecule has 0 aliphatic heterocycles. The van der Waals surface area contributed by atoms with E-state index in [0.717, 1.165) is 16.5 Å². The zero-order valence-electron chi connectivity index (χ0n) is 14.3. The Hall–Kier alpha value is -3.21. The average molecular weight is 334 g/mol. The van der Waals surface area contributed by atoms with Gasteiger partial charge in [-0.05, 0) is 18.6 Å². The molecule has 25 heavy (non-hydrogen) atoms. The van der Waals surface area contributed by atoms with Crippen molar-refractivity contribution in [3.63, 3.8) is 0 Å². The van der Waals surface area contributed by atoms with Crippen LogP contribution in [0.1, 0.15) is 28.4 Å². The maximum Gasteiger partial charge on any atom is 0.332 e. The van der Waals surface area contributed by atoms with Crippen LogP contribution in [0.2, 0.25) is 0 Å². The molecule has 5 nitrogen and oxygen atoms in total. The van der Waals surface area contributed by atoms with Crippen LogP contribution in [0.25, 0.3) is 10.9 Å². The number of carbonyl (C=O) groups is 2. The summed E-state index contributed by atoms with van der Waals surface area (Å²) in [5, 5.41) is 4.69. The number of oxime groups is 1. The second-order valence-corrected chi connectivity index (χ2v) is 5.84. The lowest BCUT2D eigenvalue weighted by Crippen LogP contribution is -2.18. The molecule has 0 unspecified atom stereocenters. The van der Waals surface area contributed by atoms with Crippen LogP contribution in [0, 0.1) is 6.92 Å². The summed E-state index contributed by atoms with van der Waals surface area (Å²) in [5.74, 6) is -0.857. The number of hydrogen-bond acceptors (Lipinski definition) is 4. The van der Waals surface area contributed by atoms with Crippen molar-refractivity contribution in [3.8, 4) is 0 Å². The molecule has 0 aliphatic rings. The van der Waals surface area contributed by atoms with Gasteiger partial charge in [0.2, 0.25) is 5.78 Å². The number of fused-ring (bicyclic) bond motifs is 1. The highest BCUT2D eigenvalue weighted by atomic mass is 16.7. The molecule has 0 spiro atoms. The van der Waals surface area contributed by atoms with Crippen LogP contribution in [0.15, 0.2) is 59.9 Å². The molecular formula is C20H18N2O3. The van der Waals surface area contributed by atoms with E-state index < -0.39 is 5.97 Å². The fraction of sp³-hybridized carbons (Fsp3) is 0.150. The fourth-order valence-corrected chi connectivity index (χ4v) is 2.81. The normalized spacial score (nSPS) is 11.6. The standard InChI is InChI=1S/C20H18N2O3/c1-13-8-4-5-9-15(13)19(21-25-14(2)23)20(24)17-12-22(3)18-11-7-6-10-16(17)18/h4-12H,1-3H3/b21-19+. The highest BCUT2D eigenvalue weighted by molar-refractivity contribution is 6.53. The summed E-state index contributed by atoms with van der Waals surface area (Å²) in [5.41, 5.74) is 3.10. The number of benzene rings is 2. The molecule has 0 fully saturated rings. The topological polar surface area (TPSA) is 60.7 Å². The SMILES string of the molecule is CC(=O)O/N=C(/C(=O)c1cn(C)c2ccccc12)c1ccccc1C.